The number of rotatable bonds is 7. The van der Waals surface area contributed by atoms with Gasteiger partial charge in [-0.1, -0.05) is 26.7 Å². The summed E-state index contributed by atoms with van der Waals surface area (Å²) in [6, 6.07) is 2.11. The first-order valence-electron chi connectivity index (χ1n) is 8.89. The van der Waals surface area contributed by atoms with Crippen LogP contribution in [0.2, 0.25) is 0 Å². The molecule has 3 amide bonds. The predicted octanol–water partition coefficient (Wildman–Crippen LogP) is 1.83. The fraction of sp³-hybridized carbons (Fsp3) is 0.706. The van der Waals surface area contributed by atoms with Crippen LogP contribution in [0.25, 0.3) is 0 Å². The van der Waals surface area contributed by atoms with E-state index in [2.05, 4.69) is 21.0 Å². The van der Waals surface area contributed by atoms with Gasteiger partial charge < -0.3 is 16.0 Å². The van der Waals surface area contributed by atoms with Crippen LogP contribution in [0.4, 0.5) is 4.79 Å². The van der Waals surface area contributed by atoms with E-state index in [4.69, 9.17) is 0 Å². The van der Waals surface area contributed by atoms with Gasteiger partial charge in [0.2, 0.25) is 5.91 Å². The van der Waals surface area contributed by atoms with E-state index in [-0.39, 0.29) is 29.9 Å². The fourth-order valence-electron chi connectivity index (χ4n) is 3.00. The van der Waals surface area contributed by atoms with Gasteiger partial charge in [0.25, 0.3) is 0 Å². The highest BCUT2D eigenvalue weighted by Gasteiger charge is 2.27. The van der Waals surface area contributed by atoms with E-state index in [0.717, 1.165) is 25.7 Å². The molecule has 0 aromatic carbocycles. The summed E-state index contributed by atoms with van der Waals surface area (Å²) in [5.74, 6) is 0.0375. The smallest absolute Gasteiger partial charge is 0.315 e. The topological polar surface area (TPSA) is 88.0 Å². The maximum absolute atomic E-state index is 12.1. The summed E-state index contributed by atoms with van der Waals surface area (Å²) in [5, 5.41) is 13.1. The van der Waals surface area contributed by atoms with Crippen molar-refractivity contribution in [3.05, 3.63) is 18.5 Å². The van der Waals surface area contributed by atoms with E-state index in [1.165, 1.54) is 6.42 Å². The highest BCUT2D eigenvalue weighted by molar-refractivity contribution is 5.77. The summed E-state index contributed by atoms with van der Waals surface area (Å²) in [6.07, 6.45) is 8.76. The van der Waals surface area contributed by atoms with Crippen LogP contribution in [-0.2, 0) is 4.79 Å². The van der Waals surface area contributed by atoms with Crippen LogP contribution in [0.3, 0.4) is 0 Å². The molecular formula is C17H29N5O2. The van der Waals surface area contributed by atoms with Crippen LogP contribution in [-0.4, -0.2) is 40.9 Å². The molecule has 1 aliphatic carbocycles. The van der Waals surface area contributed by atoms with Gasteiger partial charge in [0.15, 0.2) is 0 Å². The van der Waals surface area contributed by atoms with Crippen LogP contribution < -0.4 is 16.0 Å². The minimum absolute atomic E-state index is 0.00760. The van der Waals surface area contributed by atoms with Crippen LogP contribution in [0.1, 0.15) is 52.0 Å². The molecule has 134 valence electrons. The van der Waals surface area contributed by atoms with Crippen molar-refractivity contribution < 1.29 is 9.59 Å². The summed E-state index contributed by atoms with van der Waals surface area (Å²) in [7, 11) is 0. The number of urea groups is 1. The van der Waals surface area contributed by atoms with Gasteiger partial charge in [-0.25, -0.2) is 4.79 Å². The summed E-state index contributed by atoms with van der Waals surface area (Å²) >= 11 is 0. The lowest BCUT2D eigenvalue weighted by Gasteiger charge is -2.32. The number of nitrogens with one attached hydrogen (secondary N) is 3. The van der Waals surface area contributed by atoms with Gasteiger partial charge in [0, 0.05) is 31.4 Å². The molecule has 24 heavy (non-hydrogen) atoms. The van der Waals surface area contributed by atoms with Gasteiger partial charge in [-0.15, -0.1) is 0 Å². The Morgan fingerprint density at radius 2 is 1.96 bits per heavy atom. The third-order valence-corrected chi connectivity index (χ3v) is 4.37. The monoisotopic (exact) mass is 335 g/mol. The molecule has 0 radical (unpaired) electrons. The Morgan fingerprint density at radius 1 is 1.21 bits per heavy atom. The van der Waals surface area contributed by atoms with Gasteiger partial charge in [0.1, 0.15) is 0 Å². The Kier molecular flexibility index (Phi) is 7.08. The SMILES string of the molecule is CC(C)C(=O)NCCCNC(=O)NC1CCCCC1n1cccn1. The number of carbonyl (C=O) groups excluding carboxylic acids is 2. The molecule has 0 spiro atoms. The summed E-state index contributed by atoms with van der Waals surface area (Å²) in [4.78, 5) is 23.5. The minimum Gasteiger partial charge on any atom is -0.356 e. The van der Waals surface area contributed by atoms with Crippen molar-refractivity contribution >= 4 is 11.9 Å². The molecule has 0 bridgehead atoms. The first-order chi connectivity index (χ1) is 11.6. The van der Waals surface area contributed by atoms with Gasteiger partial charge >= 0.3 is 6.03 Å². The van der Waals surface area contributed by atoms with Gasteiger partial charge in [0.05, 0.1) is 12.1 Å². The number of carbonyl (C=O) groups is 2. The average molecular weight is 335 g/mol. The average Bonchev–Trinajstić information content (AvgIpc) is 3.09. The maximum Gasteiger partial charge on any atom is 0.315 e. The quantitative estimate of drug-likeness (QED) is 0.664. The molecule has 0 aliphatic heterocycles. The van der Waals surface area contributed by atoms with Crippen LogP contribution >= 0.6 is 0 Å². The Balaban J connectivity index is 1.68. The van der Waals surface area contributed by atoms with Crippen LogP contribution in [0.5, 0.6) is 0 Å². The highest BCUT2D eigenvalue weighted by atomic mass is 16.2. The van der Waals surface area contributed by atoms with Gasteiger partial charge in [-0.3, -0.25) is 9.48 Å². The van der Waals surface area contributed by atoms with Gasteiger partial charge in [-0.05, 0) is 25.3 Å². The normalized spacial score (nSPS) is 20.6. The molecule has 2 rings (SSSR count). The third-order valence-electron chi connectivity index (χ3n) is 4.37. The summed E-state index contributed by atoms with van der Waals surface area (Å²) in [6.45, 7) is 4.85. The zero-order chi connectivity index (χ0) is 17.4. The number of hydrogen-bond acceptors (Lipinski definition) is 3. The Morgan fingerprint density at radius 3 is 2.67 bits per heavy atom. The van der Waals surface area contributed by atoms with E-state index in [0.29, 0.717) is 13.1 Å². The molecule has 7 nitrogen and oxygen atoms in total. The van der Waals surface area contributed by atoms with E-state index in [1.807, 2.05) is 30.8 Å². The summed E-state index contributed by atoms with van der Waals surface area (Å²) in [5.41, 5.74) is 0. The van der Waals surface area contributed by atoms with Crippen molar-refractivity contribution in [2.45, 2.75) is 58.0 Å². The molecule has 1 aromatic heterocycles. The standard InChI is InChI=1S/C17H29N5O2/c1-13(2)16(23)18-9-5-10-19-17(24)21-14-7-3-4-8-15(14)22-12-6-11-20-22/h6,11-15H,3-5,7-10H2,1-2H3,(H,18,23)(H2,19,21,24). The largest absolute Gasteiger partial charge is 0.356 e. The molecule has 1 fully saturated rings. The highest BCUT2D eigenvalue weighted by Crippen LogP contribution is 2.27. The molecule has 1 aromatic rings. The lowest BCUT2D eigenvalue weighted by Crippen LogP contribution is -2.47. The number of amides is 3. The summed E-state index contributed by atoms with van der Waals surface area (Å²) < 4.78 is 1.95. The molecule has 3 N–H and O–H groups in total. The molecule has 1 aliphatic rings. The Hall–Kier alpha value is -2.05. The van der Waals surface area contributed by atoms with Crippen LogP contribution in [0, 0.1) is 5.92 Å². The second kappa shape index (κ2) is 9.30. The molecule has 0 saturated heterocycles. The Labute approximate surface area is 143 Å². The lowest BCUT2D eigenvalue weighted by atomic mass is 9.90. The lowest BCUT2D eigenvalue weighted by molar-refractivity contribution is -0.123. The number of hydrogen-bond donors (Lipinski definition) is 3. The van der Waals surface area contributed by atoms with Crippen molar-refractivity contribution in [1.29, 1.82) is 0 Å². The van der Waals surface area contributed by atoms with Crippen molar-refractivity contribution in [1.82, 2.24) is 25.7 Å². The minimum atomic E-state index is -0.144. The zero-order valence-corrected chi connectivity index (χ0v) is 14.6. The molecule has 2 unspecified atom stereocenters. The van der Waals surface area contributed by atoms with Crippen molar-refractivity contribution in [3.8, 4) is 0 Å². The van der Waals surface area contributed by atoms with Gasteiger partial charge in [-0.2, -0.15) is 5.10 Å². The third kappa shape index (κ3) is 5.54. The molecule has 2 atom stereocenters. The van der Waals surface area contributed by atoms with Crippen LogP contribution in [0.15, 0.2) is 18.5 Å². The molecular weight excluding hydrogens is 306 g/mol. The maximum atomic E-state index is 12.1. The van der Waals surface area contributed by atoms with E-state index in [1.54, 1.807) is 6.20 Å². The Bertz CT molecular complexity index is 515. The van der Waals surface area contributed by atoms with Crippen molar-refractivity contribution in [3.63, 3.8) is 0 Å². The molecule has 7 heteroatoms. The van der Waals surface area contributed by atoms with Crippen molar-refractivity contribution in [2.24, 2.45) is 5.92 Å². The first-order valence-corrected chi connectivity index (χ1v) is 8.89. The predicted molar refractivity (Wildman–Crippen MR) is 92.5 cm³/mol. The number of aromatic nitrogens is 2. The second-order valence-electron chi connectivity index (χ2n) is 6.64. The number of nitrogens with zero attached hydrogens (tertiary/aromatic N) is 2. The first kappa shape index (κ1) is 18.3. The fourth-order valence-corrected chi connectivity index (χ4v) is 3.00. The van der Waals surface area contributed by atoms with E-state index in [9.17, 15) is 9.59 Å². The molecule has 1 heterocycles. The van der Waals surface area contributed by atoms with E-state index >= 15 is 0 Å². The molecule has 1 saturated carbocycles. The zero-order valence-electron chi connectivity index (χ0n) is 14.6. The second-order valence-corrected chi connectivity index (χ2v) is 6.64. The van der Waals surface area contributed by atoms with Crippen molar-refractivity contribution in [2.75, 3.05) is 13.1 Å². The van der Waals surface area contributed by atoms with E-state index < -0.39 is 0 Å².